The quantitative estimate of drug-likeness (QED) is 0.894. The van der Waals surface area contributed by atoms with E-state index in [1.165, 1.54) is 6.07 Å². The molecular formula is C14H18FNO2. The van der Waals surface area contributed by atoms with E-state index in [9.17, 15) is 14.3 Å². The van der Waals surface area contributed by atoms with Crippen LogP contribution >= 0.6 is 0 Å². The number of halogens is 1. The Bertz CT molecular complexity index is 436. The van der Waals surface area contributed by atoms with Crippen LogP contribution in [-0.2, 0) is 4.79 Å². The zero-order chi connectivity index (χ0) is 13.1. The highest BCUT2D eigenvalue weighted by atomic mass is 19.1. The first-order valence-corrected chi connectivity index (χ1v) is 6.38. The smallest absolute Gasteiger partial charge is 0.320 e. The third-order valence-electron chi connectivity index (χ3n) is 3.63. The maximum atomic E-state index is 13.8. The summed E-state index contributed by atoms with van der Waals surface area (Å²) in [7, 11) is 0. The van der Waals surface area contributed by atoms with E-state index in [1.54, 1.807) is 18.2 Å². The molecule has 0 amide bonds. The van der Waals surface area contributed by atoms with Crippen LogP contribution in [0.2, 0.25) is 0 Å². The largest absolute Gasteiger partial charge is 0.480 e. The molecule has 98 valence electrons. The lowest BCUT2D eigenvalue weighted by Crippen LogP contribution is -2.38. The molecule has 18 heavy (non-hydrogen) atoms. The molecule has 1 aliphatic heterocycles. The van der Waals surface area contributed by atoms with Gasteiger partial charge in [0.05, 0.1) is 0 Å². The van der Waals surface area contributed by atoms with Crippen molar-refractivity contribution in [1.29, 1.82) is 0 Å². The highest BCUT2D eigenvalue weighted by Crippen LogP contribution is 2.32. The number of carboxylic acid groups (broad SMARTS) is 1. The van der Waals surface area contributed by atoms with Gasteiger partial charge < -0.3 is 5.11 Å². The molecular weight excluding hydrogens is 233 g/mol. The molecule has 4 heteroatoms. The second kappa shape index (κ2) is 5.48. The molecule has 3 nitrogen and oxygen atoms in total. The monoisotopic (exact) mass is 251 g/mol. The van der Waals surface area contributed by atoms with Crippen molar-refractivity contribution < 1.29 is 14.3 Å². The molecule has 2 rings (SSSR count). The summed E-state index contributed by atoms with van der Waals surface area (Å²) < 4.78 is 13.8. The van der Waals surface area contributed by atoms with E-state index in [4.69, 9.17) is 0 Å². The van der Waals surface area contributed by atoms with Crippen molar-refractivity contribution in [2.75, 3.05) is 6.54 Å². The van der Waals surface area contributed by atoms with Crippen LogP contribution in [0.15, 0.2) is 24.3 Å². The second-order valence-electron chi connectivity index (χ2n) is 4.68. The summed E-state index contributed by atoms with van der Waals surface area (Å²) in [6.45, 7) is 2.69. The van der Waals surface area contributed by atoms with Gasteiger partial charge in [-0.2, -0.15) is 0 Å². The van der Waals surface area contributed by atoms with Crippen LogP contribution in [0.25, 0.3) is 0 Å². The summed E-state index contributed by atoms with van der Waals surface area (Å²) in [5.74, 6) is -1.05. The fraction of sp³-hybridized carbons (Fsp3) is 0.500. The average molecular weight is 251 g/mol. The minimum absolute atomic E-state index is 0.144. The van der Waals surface area contributed by atoms with Crippen LogP contribution < -0.4 is 0 Å². The molecule has 1 aromatic carbocycles. The van der Waals surface area contributed by atoms with Gasteiger partial charge in [-0.1, -0.05) is 25.1 Å². The number of carboxylic acids is 1. The van der Waals surface area contributed by atoms with Gasteiger partial charge in [0.1, 0.15) is 11.9 Å². The minimum atomic E-state index is -0.803. The fourth-order valence-electron chi connectivity index (χ4n) is 2.81. The number of hydrogen-bond donors (Lipinski definition) is 1. The third-order valence-corrected chi connectivity index (χ3v) is 3.63. The predicted molar refractivity (Wildman–Crippen MR) is 66.8 cm³/mol. The molecule has 1 N–H and O–H groups in total. The lowest BCUT2D eigenvalue weighted by Gasteiger charge is -2.30. The van der Waals surface area contributed by atoms with Gasteiger partial charge in [-0.25, -0.2) is 4.39 Å². The number of benzene rings is 1. The van der Waals surface area contributed by atoms with Crippen molar-refractivity contribution in [2.45, 2.75) is 38.3 Å². The van der Waals surface area contributed by atoms with Crippen LogP contribution in [0, 0.1) is 5.82 Å². The Labute approximate surface area is 106 Å². The summed E-state index contributed by atoms with van der Waals surface area (Å²) >= 11 is 0. The van der Waals surface area contributed by atoms with Crippen LogP contribution in [0.3, 0.4) is 0 Å². The van der Waals surface area contributed by atoms with E-state index in [2.05, 4.69) is 0 Å². The molecule has 0 saturated carbocycles. The lowest BCUT2D eigenvalue weighted by atomic mass is 10.0. The topological polar surface area (TPSA) is 40.5 Å². The van der Waals surface area contributed by atoms with Crippen LogP contribution in [0.1, 0.15) is 37.8 Å². The Morgan fingerprint density at radius 2 is 2.28 bits per heavy atom. The summed E-state index contributed by atoms with van der Waals surface area (Å²) in [5, 5.41) is 9.21. The number of aliphatic carboxylic acids is 1. The first kappa shape index (κ1) is 13.0. The maximum Gasteiger partial charge on any atom is 0.320 e. The lowest BCUT2D eigenvalue weighted by molar-refractivity contribution is -0.143. The van der Waals surface area contributed by atoms with E-state index in [0.717, 1.165) is 13.0 Å². The number of nitrogens with zero attached hydrogens (tertiary/aromatic N) is 1. The van der Waals surface area contributed by atoms with Crippen LogP contribution in [-0.4, -0.2) is 28.6 Å². The van der Waals surface area contributed by atoms with Crippen molar-refractivity contribution in [1.82, 2.24) is 4.90 Å². The molecule has 0 aromatic heterocycles. The van der Waals surface area contributed by atoms with Gasteiger partial charge in [0.15, 0.2) is 0 Å². The fourth-order valence-corrected chi connectivity index (χ4v) is 2.81. The standard InChI is InChI=1S/C14H18FNO2/c1-2-12(10-6-3-4-7-11(10)15)16-9-5-8-13(16)14(17)18/h3-4,6-7,12-13H,2,5,8-9H2,1H3,(H,17,18). The molecule has 1 aliphatic rings. The molecule has 0 radical (unpaired) electrons. The zero-order valence-electron chi connectivity index (χ0n) is 10.5. The van der Waals surface area contributed by atoms with Crippen molar-refractivity contribution in [3.8, 4) is 0 Å². The SMILES string of the molecule is CCC(c1ccccc1F)N1CCCC1C(=O)O. The normalized spacial score (nSPS) is 22.0. The molecule has 0 spiro atoms. The summed E-state index contributed by atoms with van der Waals surface area (Å²) in [4.78, 5) is 13.1. The van der Waals surface area contributed by atoms with Gasteiger partial charge in [-0.3, -0.25) is 9.69 Å². The van der Waals surface area contributed by atoms with Gasteiger partial charge in [0.25, 0.3) is 0 Å². The van der Waals surface area contributed by atoms with Gasteiger partial charge in [0.2, 0.25) is 0 Å². The molecule has 1 aromatic rings. The van der Waals surface area contributed by atoms with E-state index in [0.29, 0.717) is 18.4 Å². The molecule has 2 unspecified atom stereocenters. The Balaban J connectivity index is 2.29. The van der Waals surface area contributed by atoms with Crippen LogP contribution in [0.5, 0.6) is 0 Å². The minimum Gasteiger partial charge on any atom is -0.480 e. The van der Waals surface area contributed by atoms with Crippen LogP contribution in [0.4, 0.5) is 4.39 Å². The average Bonchev–Trinajstić information content (AvgIpc) is 2.82. The van der Waals surface area contributed by atoms with E-state index in [1.807, 2.05) is 11.8 Å². The maximum absolute atomic E-state index is 13.8. The van der Waals surface area contributed by atoms with Gasteiger partial charge >= 0.3 is 5.97 Å². The Morgan fingerprint density at radius 3 is 2.89 bits per heavy atom. The number of likely N-dealkylation sites (tertiary alicyclic amines) is 1. The first-order valence-electron chi connectivity index (χ1n) is 6.38. The predicted octanol–water partition coefficient (Wildman–Crippen LogP) is 2.83. The second-order valence-corrected chi connectivity index (χ2v) is 4.68. The van der Waals surface area contributed by atoms with Crippen molar-refractivity contribution in [3.05, 3.63) is 35.6 Å². The summed E-state index contributed by atoms with van der Waals surface area (Å²) in [5.41, 5.74) is 0.605. The molecule has 1 fully saturated rings. The number of rotatable bonds is 4. The van der Waals surface area contributed by atoms with Crippen molar-refractivity contribution in [3.63, 3.8) is 0 Å². The molecule has 2 atom stereocenters. The Kier molecular flexibility index (Phi) is 3.97. The Morgan fingerprint density at radius 1 is 1.56 bits per heavy atom. The first-order chi connectivity index (χ1) is 8.65. The number of carbonyl (C=O) groups is 1. The molecule has 0 aliphatic carbocycles. The molecule has 1 heterocycles. The number of hydrogen-bond acceptors (Lipinski definition) is 2. The van der Waals surface area contributed by atoms with Gasteiger partial charge in [-0.15, -0.1) is 0 Å². The summed E-state index contributed by atoms with van der Waals surface area (Å²) in [6, 6.07) is 6.02. The van der Waals surface area contributed by atoms with E-state index >= 15 is 0 Å². The summed E-state index contributed by atoms with van der Waals surface area (Å²) in [6.07, 6.45) is 2.23. The Hall–Kier alpha value is -1.42. The molecule has 0 bridgehead atoms. The highest BCUT2D eigenvalue weighted by Gasteiger charge is 2.35. The van der Waals surface area contributed by atoms with Crippen molar-refractivity contribution >= 4 is 5.97 Å². The van der Waals surface area contributed by atoms with Gasteiger partial charge in [-0.05, 0) is 31.9 Å². The third kappa shape index (κ3) is 2.38. The highest BCUT2D eigenvalue weighted by molar-refractivity contribution is 5.73. The van der Waals surface area contributed by atoms with Crippen molar-refractivity contribution in [2.24, 2.45) is 0 Å². The van der Waals surface area contributed by atoms with E-state index < -0.39 is 12.0 Å². The molecule has 1 saturated heterocycles. The van der Waals surface area contributed by atoms with Gasteiger partial charge in [0, 0.05) is 11.6 Å². The zero-order valence-corrected chi connectivity index (χ0v) is 10.5. The van der Waals surface area contributed by atoms with E-state index in [-0.39, 0.29) is 11.9 Å².